The van der Waals surface area contributed by atoms with Crippen LogP contribution < -0.4 is 0 Å². The number of aromatic nitrogens is 1. The van der Waals surface area contributed by atoms with Crippen LogP contribution in [-0.4, -0.2) is 32.7 Å². The maximum atomic E-state index is 11.1. The third-order valence-corrected chi connectivity index (χ3v) is 2.21. The third kappa shape index (κ3) is 3.95. The number of pyridine rings is 1. The lowest BCUT2D eigenvalue weighted by molar-refractivity contribution is 0.0600. The molecular weight excluding hydrogens is 234 g/mol. The van der Waals surface area contributed by atoms with Crippen molar-refractivity contribution >= 4 is 16.1 Å². The van der Waals surface area contributed by atoms with Crippen LogP contribution in [0.25, 0.3) is 0 Å². The van der Waals surface area contributed by atoms with Crippen LogP contribution in [0.4, 0.5) is 0 Å². The van der Waals surface area contributed by atoms with E-state index in [2.05, 4.69) is 13.9 Å². The monoisotopic (exact) mass is 245 g/mol. The van der Waals surface area contributed by atoms with Crippen LogP contribution >= 0.6 is 0 Å². The zero-order chi connectivity index (χ0) is 12.2. The standard InChI is InChI=1S/C9H11NO5S/c1-14-9(11)7-3-4-8(10-5-7)6-15-16(2,12)13/h3-5H,6H2,1-2H3. The second-order valence-corrected chi connectivity index (χ2v) is 4.64. The largest absolute Gasteiger partial charge is 0.465 e. The molecule has 1 aromatic rings. The van der Waals surface area contributed by atoms with Gasteiger partial charge >= 0.3 is 5.97 Å². The first kappa shape index (κ1) is 12.6. The Hall–Kier alpha value is -1.47. The summed E-state index contributed by atoms with van der Waals surface area (Å²) in [5, 5.41) is 0. The van der Waals surface area contributed by atoms with Gasteiger partial charge in [0, 0.05) is 6.20 Å². The van der Waals surface area contributed by atoms with E-state index in [1.54, 1.807) is 0 Å². The Labute approximate surface area is 93.3 Å². The van der Waals surface area contributed by atoms with Gasteiger partial charge in [0.1, 0.15) is 6.61 Å². The fraction of sp³-hybridized carbons (Fsp3) is 0.333. The van der Waals surface area contributed by atoms with Gasteiger partial charge in [-0.2, -0.15) is 8.42 Å². The molecule has 0 aliphatic rings. The van der Waals surface area contributed by atoms with Crippen molar-refractivity contribution in [3.63, 3.8) is 0 Å². The molecule has 88 valence electrons. The molecule has 0 aliphatic carbocycles. The van der Waals surface area contributed by atoms with E-state index in [1.165, 1.54) is 25.4 Å². The average Bonchev–Trinajstić information content (AvgIpc) is 2.25. The van der Waals surface area contributed by atoms with Crippen molar-refractivity contribution < 1.29 is 22.1 Å². The number of nitrogens with zero attached hydrogens (tertiary/aromatic N) is 1. The average molecular weight is 245 g/mol. The van der Waals surface area contributed by atoms with Crippen molar-refractivity contribution in [2.45, 2.75) is 6.61 Å². The fourth-order valence-corrected chi connectivity index (χ4v) is 1.25. The quantitative estimate of drug-likeness (QED) is 0.562. The second-order valence-electron chi connectivity index (χ2n) is 3.00. The van der Waals surface area contributed by atoms with Crippen LogP contribution in [0.1, 0.15) is 16.1 Å². The predicted molar refractivity (Wildman–Crippen MR) is 55.2 cm³/mol. The van der Waals surface area contributed by atoms with E-state index in [9.17, 15) is 13.2 Å². The third-order valence-electron chi connectivity index (χ3n) is 1.67. The van der Waals surface area contributed by atoms with E-state index in [0.29, 0.717) is 11.3 Å². The molecule has 1 heterocycles. The van der Waals surface area contributed by atoms with Gasteiger partial charge in [-0.25, -0.2) is 4.79 Å². The highest BCUT2D eigenvalue weighted by Crippen LogP contribution is 2.04. The summed E-state index contributed by atoms with van der Waals surface area (Å²) in [7, 11) is -2.22. The minimum atomic E-state index is -3.49. The summed E-state index contributed by atoms with van der Waals surface area (Å²) >= 11 is 0. The van der Waals surface area contributed by atoms with Gasteiger partial charge in [-0.15, -0.1) is 0 Å². The van der Waals surface area contributed by atoms with Crippen LogP contribution in [0.3, 0.4) is 0 Å². The highest BCUT2D eigenvalue weighted by atomic mass is 32.2. The van der Waals surface area contributed by atoms with Gasteiger partial charge in [-0.1, -0.05) is 0 Å². The topological polar surface area (TPSA) is 82.6 Å². The molecule has 0 unspecified atom stereocenters. The highest BCUT2D eigenvalue weighted by Gasteiger charge is 2.07. The zero-order valence-corrected chi connectivity index (χ0v) is 9.65. The molecule has 1 aromatic heterocycles. The number of rotatable bonds is 4. The summed E-state index contributed by atoms with van der Waals surface area (Å²) in [5.41, 5.74) is 0.712. The van der Waals surface area contributed by atoms with Crippen LogP contribution in [0.5, 0.6) is 0 Å². The Balaban J connectivity index is 2.69. The van der Waals surface area contributed by atoms with Crippen molar-refractivity contribution in [3.8, 4) is 0 Å². The molecule has 0 amide bonds. The lowest BCUT2D eigenvalue weighted by Gasteiger charge is -2.02. The summed E-state index contributed by atoms with van der Waals surface area (Å²) in [6, 6.07) is 2.98. The molecule has 0 aromatic carbocycles. The van der Waals surface area contributed by atoms with Gasteiger partial charge in [-0.05, 0) is 12.1 Å². The van der Waals surface area contributed by atoms with Crippen LogP contribution in [0.15, 0.2) is 18.3 Å². The van der Waals surface area contributed by atoms with E-state index >= 15 is 0 Å². The van der Waals surface area contributed by atoms with Crippen molar-refractivity contribution in [2.75, 3.05) is 13.4 Å². The summed E-state index contributed by atoms with van der Waals surface area (Å²) in [5.74, 6) is -0.497. The molecule has 1 rings (SSSR count). The van der Waals surface area contributed by atoms with Gasteiger partial charge in [0.25, 0.3) is 10.1 Å². The number of hydrogen-bond donors (Lipinski definition) is 0. The smallest absolute Gasteiger partial charge is 0.339 e. The lowest BCUT2D eigenvalue weighted by Crippen LogP contribution is -2.06. The fourth-order valence-electron chi connectivity index (χ4n) is 0.916. The van der Waals surface area contributed by atoms with Crippen LogP contribution in [-0.2, 0) is 25.6 Å². The van der Waals surface area contributed by atoms with E-state index in [1.807, 2.05) is 0 Å². The predicted octanol–water partition coefficient (Wildman–Crippen LogP) is 0.344. The lowest BCUT2D eigenvalue weighted by atomic mass is 10.2. The normalized spacial score (nSPS) is 11.1. The molecule has 0 saturated heterocycles. The Morgan fingerprint density at radius 1 is 1.44 bits per heavy atom. The van der Waals surface area contributed by atoms with E-state index in [-0.39, 0.29) is 6.61 Å². The van der Waals surface area contributed by atoms with Gasteiger partial charge in [0.05, 0.1) is 24.6 Å². The SMILES string of the molecule is COC(=O)c1ccc(COS(C)(=O)=O)nc1. The number of esters is 1. The maximum Gasteiger partial charge on any atom is 0.339 e. The van der Waals surface area contributed by atoms with Crippen LogP contribution in [0, 0.1) is 0 Å². The Morgan fingerprint density at radius 2 is 2.12 bits per heavy atom. The first-order valence-corrected chi connectivity index (χ1v) is 6.11. The number of methoxy groups -OCH3 is 1. The second kappa shape index (κ2) is 5.04. The minimum Gasteiger partial charge on any atom is -0.465 e. The molecule has 0 bridgehead atoms. The van der Waals surface area contributed by atoms with Gasteiger partial charge < -0.3 is 4.74 Å². The summed E-state index contributed by atoms with van der Waals surface area (Å²) in [6.07, 6.45) is 2.25. The molecule has 0 spiro atoms. The molecule has 7 heteroatoms. The Bertz CT molecular complexity index is 465. The Morgan fingerprint density at radius 3 is 2.56 bits per heavy atom. The van der Waals surface area contributed by atoms with Crippen molar-refractivity contribution in [3.05, 3.63) is 29.6 Å². The molecule has 0 saturated carbocycles. The first-order valence-electron chi connectivity index (χ1n) is 4.30. The molecule has 0 atom stereocenters. The number of carbonyl (C=O) groups excluding carboxylic acids is 1. The molecule has 0 radical (unpaired) electrons. The maximum absolute atomic E-state index is 11.1. The molecule has 16 heavy (non-hydrogen) atoms. The van der Waals surface area contributed by atoms with E-state index in [4.69, 9.17) is 0 Å². The summed E-state index contributed by atoms with van der Waals surface area (Å²) in [4.78, 5) is 14.9. The van der Waals surface area contributed by atoms with Gasteiger partial charge in [0.15, 0.2) is 0 Å². The number of hydrogen-bond acceptors (Lipinski definition) is 6. The molecule has 0 aliphatic heterocycles. The minimum absolute atomic E-state index is 0.152. The number of ether oxygens (including phenoxy) is 1. The molecule has 6 nitrogen and oxygen atoms in total. The van der Waals surface area contributed by atoms with Gasteiger partial charge in [-0.3, -0.25) is 9.17 Å². The van der Waals surface area contributed by atoms with E-state index in [0.717, 1.165) is 6.26 Å². The summed E-state index contributed by atoms with van der Waals surface area (Å²) in [6.45, 7) is -0.152. The van der Waals surface area contributed by atoms with Crippen molar-refractivity contribution in [1.82, 2.24) is 4.98 Å². The Kier molecular flexibility index (Phi) is 3.97. The molecular formula is C9H11NO5S. The van der Waals surface area contributed by atoms with E-state index < -0.39 is 16.1 Å². The summed E-state index contributed by atoms with van der Waals surface area (Å²) < 4.78 is 30.4. The van der Waals surface area contributed by atoms with Crippen LogP contribution in [0.2, 0.25) is 0 Å². The van der Waals surface area contributed by atoms with Crippen molar-refractivity contribution in [2.24, 2.45) is 0 Å². The molecule has 0 N–H and O–H groups in total. The van der Waals surface area contributed by atoms with Gasteiger partial charge in [0.2, 0.25) is 0 Å². The highest BCUT2D eigenvalue weighted by molar-refractivity contribution is 7.85. The number of carbonyl (C=O) groups is 1. The zero-order valence-electron chi connectivity index (χ0n) is 8.84. The van der Waals surface area contributed by atoms with Crippen molar-refractivity contribution in [1.29, 1.82) is 0 Å². The first-order chi connectivity index (χ1) is 7.42. The molecule has 0 fully saturated rings.